The number of hydrogen-bond acceptors (Lipinski definition) is 6. The van der Waals surface area contributed by atoms with Crippen molar-refractivity contribution in [3.8, 4) is 0 Å². The lowest BCUT2D eigenvalue weighted by molar-refractivity contribution is -0.112. The van der Waals surface area contributed by atoms with Crippen LogP contribution < -0.4 is 22.1 Å². The van der Waals surface area contributed by atoms with Gasteiger partial charge < -0.3 is 22.1 Å². The molecule has 0 spiro atoms. The number of aromatic nitrogens is 1. The highest BCUT2D eigenvalue weighted by molar-refractivity contribution is 7.19. The SMILES string of the molecule is NC(=O)/C(=C(\N)NC1CCCNC1)c1nc2ccccc2s1. The summed E-state index contributed by atoms with van der Waals surface area (Å²) in [7, 11) is 0. The predicted octanol–water partition coefficient (Wildman–Crippen LogP) is 0.751. The van der Waals surface area contributed by atoms with Gasteiger partial charge in [0.05, 0.1) is 10.2 Å². The van der Waals surface area contributed by atoms with Crippen LogP contribution in [0.15, 0.2) is 30.1 Å². The molecule has 116 valence electrons. The molecule has 1 unspecified atom stereocenters. The monoisotopic (exact) mass is 317 g/mol. The average Bonchev–Trinajstić information content (AvgIpc) is 2.91. The van der Waals surface area contributed by atoms with E-state index < -0.39 is 5.91 Å². The molecule has 0 aliphatic carbocycles. The number of fused-ring (bicyclic) bond motifs is 1. The smallest absolute Gasteiger partial charge is 0.255 e. The average molecular weight is 317 g/mol. The Labute approximate surface area is 132 Å². The van der Waals surface area contributed by atoms with Crippen LogP contribution in [0.4, 0.5) is 0 Å². The molecule has 6 N–H and O–H groups in total. The van der Waals surface area contributed by atoms with E-state index >= 15 is 0 Å². The number of hydrogen-bond donors (Lipinski definition) is 4. The van der Waals surface area contributed by atoms with E-state index in [-0.39, 0.29) is 11.6 Å². The number of piperidine rings is 1. The van der Waals surface area contributed by atoms with Gasteiger partial charge in [-0.1, -0.05) is 12.1 Å². The van der Waals surface area contributed by atoms with Crippen LogP contribution in [0.25, 0.3) is 15.8 Å². The number of carbonyl (C=O) groups excluding carboxylic acids is 1. The Morgan fingerprint density at radius 1 is 1.36 bits per heavy atom. The van der Waals surface area contributed by atoms with Crippen molar-refractivity contribution >= 4 is 33.0 Å². The molecule has 0 saturated carbocycles. The van der Waals surface area contributed by atoms with Gasteiger partial charge in [0.2, 0.25) is 0 Å². The van der Waals surface area contributed by atoms with Crippen LogP contribution in [-0.4, -0.2) is 30.0 Å². The van der Waals surface area contributed by atoms with Crippen LogP contribution in [0, 0.1) is 0 Å². The molecule has 1 aliphatic rings. The zero-order valence-electron chi connectivity index (χ0n) is 12.1. The van der Waals surface area contributed by atoms with Gasteiger partial charge in [0.25, 0.3) is 5.91 Å². The molecule has 1 aromatic carbocycles. The van der Waals surface area contributed by atoms with Crippen LogP contribution in [-0.2, 0) is 4.79 Å². The standard InChI is InChI=1S/C15H19N5OS/c16-13(19-9-4-3-7-18-8-9)12(14(17)21)15-20-10-5-1-2-6-11(10)22-15/h1-2,5-6,9,18-19H,3-4,7-8,16H2,(H2,17,21)/b13-12-. The van der Waals surface area contributed by atoms with Crippen LogP contribution in [0.1, 0.15) is 17.8 Å². The summed E-state index contributed by atoms with van der Waals surface area (Å²) < 4.78 is 1.00. The van der Waals surface area contributed by atoms with E-state index in [1.807, 2.05) is 24.3 Å². The summed E-state index contributed by atoms with van der Waals surface area (Å²) in [5.41, 5.74) is 12.8. The van der Waals surface area contributed by atoms with Crippen LogP contribution in [0.5, 0.6) is 0 Å². The third-order valence-electron chi connectivity index (χ3n) is 3.68. The quantitative estimate of drug-likeness (QED) is 0.623. The van der Waals surface area contributed by atoms with Crippen molar-refractivity contribution < 1.29 is 4.79 Å². The first kappa shape index (κ1) is 14.8. The number of rotatable bonds is 4. The first-order valence-electron chi connectivity index (χ1n) is 7.28. The number of primary amides is 1. The highest BCUT2D eigenvalue weighted by Crippen LogP contribution is 2.27. The van der Waals surface area contributed by atoms with Crippen molar-refractivity contribution in [3.05, 3.63) is 35.1 Å². The summed E-state index contributed by atoms with van der Waals surface area (Å²) in [6.07, 6.45) is 2.09. The molecule has 1 amide bonds. The minimum atomic E-state index is -0.562. The van der Waals surface area contributed by atoms with Crippen LogP contribution in [0.3, 0.4) is 0 Å². The molecular weight excluding hydrogens is 298 g/mol. The lowest BCUT2D eigenvalue weighted by atomic mass is 10.1. The molecule has 0 radical (unpaired) electrons. The maximum Gasteiger partial charge on any atom is 0.255 e. The third-order valence-corrected chi connectivity index (χ3v) is 4.73. The lowest BCUT2D eigenvalue weighted by Crippen LogP contribution is -2.44. The molecule has 0 bridgehead atoms. The maximum atomic E-state index is 11.9. The summed E-state index contributed by atoms with van der Waals surface area (Å²) in [6, 6.07) is 7.92. The second-order valence-corrected chi connectivity index (χ2v) is 6.36. The summed E-state index contributed by atoms with van der Waals surface area (Å²) in [5, 5.41) is 7.06. The van der Waals surface area contributed by atoms with Gasteiger partial charge in [0.15, 0.2) is 0 Å². The van der Waals surface area contributed by atoms with Crippen molar-refractivity contribution in [3.63, 3.8) is 0 Å². The number of nitrogens with zero attached hydrogens (tertiary/aromatic N) is 1. The Morgan fingerprint density at radius 2 is 2.18 bits per heavy atom. The number of nitrogens with two attached hydrogens (primary N) is 2. The number of carbonyl (C=O) groups is 1. The Balaban J connectivity index is 1.93. The van der Waals surface area contributed by atoms with E-state index in [2.05, 4.69) is 15.6 Å². The predicted molar refractivity (Wildman–Crippen MR) is 88.9 cm³/mol. The normalized spacial score (nSPS) is 19.7. The summed E-state index contributed by atoms with van der Waals surface area (Å²) in [4.78, 5) is 16.3. The first-order chi connectivity index (χ1) is 10.6. The third kappa shape index (κ3) is 3.05. The van der Waals surface area contributed by atoms with E-state index in [4.69, 9.17) is 11.5 Å². The minimum Gasteiger partial charge on any atom is -0.385 e. The molecule has 2 aromatic rings. The van der Waals surface area contributed by atoms with Gasteiger partial charge >= 0.3 is 0 Å². The van der Waals surface area contributed by atoms with Gasteiger partial charge in [-0.3, -0.25) is 4.79 Å². The molecule has 1 atom stereocenters. The highest BCUT2D eigenvalue weighted by atomic mass is 32.1. The summed E-state index contributed by atoms with van der Waals surface area (Å²) in [5.74, 6) is -0.256. The Bertz CT molecular complexity index is 685. The fourth-order valence-electron chi connectivity index (χ4n) is 2.60. The molecule has 22 heavy (non-hydrogen) atoms. The van der Waals surface area contributed by atoms with E-state index in [0.717, 1.165) is 36.1 Å². The zero-order valence-corrected chi connectivity index (χ0v) is 13.0. The lowest BCUT2D eigenvalue weighted by Gasteiger charge is -2.25. The first-order valence-corrected chi connectivity index (χ1v) is 8.09. The van der Waals surface area contributed by atoms with Crippen molar-refractivity contribution in [2.24, 2.45) is 11.5 Å². The molecule has 3 rings (SSSR count). The summed E-state index contributed by atoms with van der Waals surface area (Å²) in [6.45, 7) is 1.84. The van der Waals surface area contributed by atoms with E-state index in [1.165, 1.54) is 11.3 Å². The molecular formula is C15H19N5OS. The Hall–Kier alpha value is -2.12. The second kappa shape index (κ2) is 6.33. The molecule has 1 aliphatic heterocycles. The Morgan fingerprint density at radius 3 is 2.86 bits per heavy atom. The van der Waals surface area contributed by atoms with E-state index in [0.29, 0.717) is 10.8 Å². The summed E-state index contributed by atoms with van der Waals surface area (Å²) >= 11 is 1.42. The fraction of sp³-hybridized carbons (Fsp3) is 0.333. The molecule has 2 heterocycles. The van der Waals surface area contributed by atoms with Gasteiger partial charge in [-0.25, -0.2) is 4.98 Å². The van der Waals surface area contributed by atoms with Gasteiger partial charge in [-0.15, -0.1) is 11.3 Å². The van der Waals surface area contributed by atoms with Gasteiger partial charge in [-0.05, 0) is 31.5 Å². The van der Waals surface area contributed by atoms with Crippen molar-refractivity contribution in [2.75, 3.05) is 13.1 Å². The molecule has 7 heteroatoms. The van der Waals surface area contributed by atoms with Crippen molar-refractivity contribution in [2.45, 2.75) is 18.9 Å². The molecule has 6 nitrogen and oxygen atoms in total. The fourth-order valence-corrected chi connectivity index (χ4v) is 3.63. The molecule has 1 aromatic heterocycles. The Kier molecular flexibility index (Phi) is 4.26. The van der Waals surface area contributed by atoms with Crippen LogP contribution in [0.2, 0.25) is 0 Å². The number of amides is 1. The second-order valence-electron chi connectivity index (χ2n) is 5.33. The van der Waals surface area contributed by atoms with E-state index in [1.54, 1.807) is 0 Å². The van der Waals surface area contributed by atoms with Gasteiger partial charge in [-0.2, -0.15) is 0 Å². The molecule has 1 saturated heterocycles. The van der Waals surface area contributed by atoms with Gasteiger partial charge in [0.1, 0.15) is 16.4 Å². The highest BCUT2D eigenvalue weighted by Gasteiger charge is 2.20. The van der Waals surface area contributed by atoms with Crippen molar-refractivity contribution in [1.82, 2.24) is 15.6 Å². The topological polar surface area (TPSA) is 106 Å². The van der Waals surface area contributed by atoms with Crippen LogP contribution >= 0.6 is 11.3 Å². The molecule has 1 fully saturated rings. The van der Waals surface area contributed by atoms with Crippen molar-refractivity contribution in [1.29, 1.82) is 0 Å². The largest absolute Gasteiger partial charge is 0.385 e. The van der Waals surface area contributed by atoms with Gasteiger partial charge in [0, 0.05) is 12.6 Å². The maximum absolute atomic E-state index is 11.9. The minimum absolute atomic E-state index is 0.206. The number of benzene rings is 1. The number of para-hydroxylation sites is 1. The van der Waals surface area contributed by atoms with E-state index in [9.17, 15) is 4.79 Å². The number of thiazole rings is 1. The zero-order chi connectivity index (χ0) is 15.5. The number of nitrogens with one attached hydrogen (secondary N) is 2.